The third kappa shape index (κ3) is 5.12. The molecular formula is C15H21ClF2N2O3S. The molecule has 1 aliphatic rings. The highest BCUT2D eigenvalue weighted by Gasteiger charge is 2.26. The zero-order valence-electron chi connectivity index (χ0n) is 13.2. The minimum atomic E-state index is -4.59. The van der Waals surface area contributed by atoms with Crippen molar-refractivity contribution in [3.8, 4) is 0 Å². The lowest BCUT2D eigenvalue weighted by Crippen LogP contribution is -2.48. The molecule has 136 valence electrons. The van der Waals surface area contributed by atoms with Gasteiger partial charge in [-0.05, 0) is 43.1 Å². The molecule has 0 radical (unpaired) electrons. The van der Waals surface area contributed by atoms with Gasteiger partial charge in [0.25, 0.3) is 0 Å². The third-order valence-corrected chi connectivity index (χ3v) is 5.38. The van der Waals surface area contributed by atoms with Gasteiger partial charge < -0.3 is 10.6 Å². The molecule has 1 aromatic carbocycles. The van der Waals surface area contributed by atoms with Crippen LogP contribution >= 0.6 is 12.4 Å². The summed E-state index contributed by atoms with van der Waals surface area (Å²) in [4.78, 5) is 11.6. The van der Waals surface area contributed by atoms with Crippen molar-refractivity contribution in [2.45, 2.75) is 36.5 Å². The van der Waals surface area contributed by atoms with Crippen molar-refractivity contribution in [3.05, 3.63) is 29.8 Å². The summed E-state index contributed by atoms with van der Waals surface area (Å²) in [7, 11) is -4.59. The van der Waals surface area contributed by atoms with E-state index in [0.29, 0.717) is 11.5 Å². The van der Waals surface area contributed by atoms with E-state index < -0.39 is 20.5 Å². The molecule has 2 atom stereocenters. The number of alkyl halides is 2. The number of carbonyl (C=O) groups is 1. The second-order valence-corrected chi connectivity index (χ2v) is 7.69. The first-order valence-electron chi connectivity index (χ1n) is 7.42. The van der Waals surface area contributed by atoms with Crippen molar-refractivity contribution in [1.82, 2.24) is 10.6 Å². The van der Waals surface area contributed by atoms with Gasteiger partial charge in [-0.1, -0.05) is 19.1 Å². The van der Waals surface area contributed by atoms with Crippen LogP contribution in [0.5, 0.6) is 0 Å². The Morgan fingerprint density at radius 2 is 1.96 bits per heavy atom. The van der Waals surface area contributed by atoms with Gasteiger partial charge in [0.15, 0.2) is 0 Å². The summed E-state index contributed by atoms with van der Waals surface area (Å²) in [6, 6.07) is 5.11. The molecule has 0 bridgehead atoms. The SMILES string of the molecule is CC1CNCCC1NC(=O)Cc1ccc(S(=O)(=O)C(F)F)cc1.Cl. The van der Waals surface area contributed by atoms with Gasteiger partial charge in [-0.25, -0.2) is 8.42 Å². The maximum atomic E-state index is 12.4. The molecule has 0 spiro atoms. The zero-order chi connectivity index (χ0) is 17.0. The molecule has 1 aliphatic heterocycles. The lowest BCUT2D eigenvalue weighted by Gasteiger charge is -2.30. The molecule has 24 heavy (non-hydrogen) atoms. The van der Waals surface area contributed by atoms with Gasteiger partial charge in [-0.15, -0.1) is 12.4 Å². The van der Waals surface area contributed by atoms with Crippen LogP contribution in [-0.4, -0.2) is 39.2 Å². The Balaban J connectivity index is 0.00000288. The van der Waals surface area contributed by atoms with Crippen LogP contribution in [-0.2, 0) is 21.1 Å². The predicted molar refractivity (Wildman–Crippen MR) is 89.2 cm³/mol. The number of rotatable bonds is 5. The van der Waals surface area contributed by atoms with E-state index in [4.69, 9.17) is 0 Å². The quantitative estimate of drug-likeness (QED) is 0.813. The molecule has 2 unspecified atom stereocenters. The minimum absolute atomic E-state index is 0. The number of nitrogens with one attached hydrogen (secondary N) is 2. The summed E-state index contributed by atoms with van der Waals surface area (Å²) in [5, 5.41) is 6.21. The van der Waals surface area contributed by atoms with Crippen molar-refractivity contribution in [1.29, 1.82) is 0 Å². The fraction of sp³-hybridized carbons (Fsp3) is 0.533. The Morgan fingerprint density at radius 1 is 1.33 bits per heavy atom. The molecule has 1 amide bonds. The van der Waals surface area contributed by atoms with Gasteiger partial charge in [0, 0.05) is 6.04 Å². The molecule has 2 N–H and O–H groups in total. The number of hydrogen-bond acceptors (Lipinski definition) is 4. The Bertz CT molecular complexity index is 653. The van der Waals surface area contributed by atoms with Gasteiger partial charge in [0.05, 0.1) is 11.3 Å². The Hall–Kier alpha value is -1.25. The second kappa shape index (κ2) is 8.73. The number of benzene rings is 1. The fourth-order valence-corrected chi connectivity index (χ4v) is 3.29. The molecule has 0 saturated carbocycles. The Labute approximate surface area is 146 Å². The molecule has 1 aromatic rings. The Kier molecular flexibility index (Phi) is 7.56. The zero-order valence-corrected chi connectivity index (χ0v) is 14.8. The van der Waals surface area contributed by atoms with Crippen molar-refractivity contribution >= 4 is 28.2 Å². The molecular weight excluding hydrogens is 362 g/mol. The lowest BCUT2D eigenvalue weighted by molar-refractivity contribution is -0.121. The molecule has 2 rings (SSSR count). The highest BCUT2D eigenvalue weighted by Crippen LogP contribution is 2.19. The smallest absolute Gasteiger partial charge is 0.341 e. The van der Waals surface area contributed by atoms with E-state index in [1.807, 2.05) is 0 Å². The number of halogens is 3. The first kappa shape index (κ1) is 20.8. The highest BCUT2D eigenvalue weighted by atomic mass is 35.5. The van der Waals surface area contributed by atoms with Crippen LogP contribution < -0.4 is 10.6 Å². The molecule has 1 heterocycles. The number of hydrogen-bond donors (Lipinski definition) is 2. The maximum Gasteiger partial charge on any atom is 0.341 e. The van der Waals surface area contributed by atoms with Crippen LogP contribution in [0.15, 0.2) is 29.2 Å². The van der Waals surface area contributed by atoms with Crippen LogP contribution in [0.2, 0.25) is 0 Å². The van der Waals surface area contributed by atoms with E-state index in [-0.39, 0.29) is 30.8 Å². The molecule has 0 aromatic heterocycles. The molecule has 0 aliphatic carbocycles. The van der Waals surface area contributed by atoms with Crippen molar-refractivity contribution in [2.75, 3.05) is 13.1 Å². The summed E-state index contributed by atoms with van der Waals surface area (Å²) in [5.41, 5.74) is 0.581. The van der Waals surface area contributed by atoms with Gasteiger partial charge in [0.2, 0.25) is 15.7 Å². The van der Waals surface area contributed by atoms with Gasteiger partial charge in [0.1, 0.15) is 0 Å². The van der Waals surface area contributed by atoms with E-state index in [1.165, 1.54) is 12.1 Å². The average Bonchev–Trinajstić information content (AvgIpc) is 2.50. The summed E-state index contributed by atoms with van der Waals surface area (Å²) < 4.78 is 47.6. The minimum Gasteiger partial charge on any atom is -0.353 e. The Morgan fingerprint density at radius 3 is 2.50 bits per heavy atom. The monoisotopic (exact) mass is 382 g/mol. The number of sulfone groups is 1. The van der Waals surface area contributed by atoms with Crippen molar-refractivity contribution in [3.63, 3.8) is 0 Å². The van der Waals surface area contributed by atoms with E-state index >= 15 is 0 Å². The number of amides is 1. The lowest BCUT2D eigenvalue weighted by atomic mass is 9.95. The van der Waals surface area contributed by atoms with Gasteiger partial charge in [-0.3, -0.25) is 4.79 Å². The van der Waals surface area contributed by atoms with Crippen LogP contribution in [0.3, 0.4) is 0 Å². The molecule has 5 nitrogen and oxygen atoms in total. The van der Waals surface area contributed by atoms with Gasteiger partial charge in [-0.2, -0.15) is 8.78 Å². The number of piperidine rings is 1. The van der Waals surface area contributed by atoms with Crippen LogP contribution in [0, 0.1) is 5.92 Å². The first-order valence-corrected chi connectivity index (χ1v) is 8.96. The molecule has 9 heteroatoms. The summed E-state index contributed by atoms with van der Waals surface area (Å²) in [6.45, 7) is 3.77. The van der Waals surface area contributed by atoms with Crippen molar-refractivity contribution < 1.29 is 22.0 Å². The topological polar surface area (TPSA) is 75.3 Å². The van der Waals surface area contributed by atoms with E-state index in [0.717, 1.165) is 31.6 Å². The number of carbonyl (C=O) groups excluding carboxylic acids is 1. The summed E-state index contributed by atoms with van der Waals surface area (Å²) in [6.07, 6.45) is 0.949. The fourth-order valence-electron chi connectivity index (χ4n) is 2.57. The molecule has 1 saturated heterocycles. The largest absolute Gasteiger partial charge is 0.353 e. The highest BCUT2D eigenvalue weighted by molar-refractivity contribution is 7.91. The van der Waals surface area contributed by atoms with E-state index in [9.17, 15) is 22.0 Å². The normalized spacial score (nSPS) is 21.2. The first-order chi connectivity index (χ1) is 10.8. The van der Waals surface area contributed by atoms with E-state index in [1.54, 1.807) is 0 Å². The summed E-state index contributed by atoms with van der Waals surface area (Å²) in [5.74, 6) is -3.27. The van der Waals surface area contributed by atoms with Crippen LogP contribution in [0.1, 0.15) is 18.9 Å². The molecule has 1 fully saturated rings. The van der Waals surface area contributed by atoms with Crippen LogP contribution in [0.4, 0.5) is 8.78 Å². The van der Waals surface area contributed by atoms with E-state index in [2.05, 4.69) is 17.6 Å². The average molecular weight is 383 g/mol. The van der Waals surface area contributed by atoms with Gasteiger partial charge >= 0.3 is 5.76 Å². The third-order valence-electron chi connectivity index (χ3n) is 3.98. The maximum absolute atomic E-state index is 12.4. The predicted octanol–water partition coefficient (Wildman–Crippen LogP) is 1.76. The second-order valence-electron chi connectivity index (χ2n) is 5.77. The van der Waals surface area contributed by atoms with Crippen LogP contribution in [0.25, 0.3) is 0 Å². The summed E-state index contributed by atoms with van der Waals surface area (Å²) >= 11 is 0. The van der Waals surface area contributed by atoms with Crippen molar-refractivity contribution in [2.24, 2.45) is 5.92 Å². The standard InChI is InChI=1S/C15H20F2N2O3S.ClH/c1-10-9-18-7-6-13(10)19-14(20)8-11-2-4-12(5-3-11)23(21,22)15(16)17;/h2-5,10,13,15,18H,6-9H2,1H3,(H,19,20);1H.